The Hall–Kier alpha value is -1.88. The van der Waals surface area contributed by atoms with Gasteiger partial charge in [-0.15, -0.1) is 0 Å². The quantitative estimate of drug-likeness (QED) is 0.503. The summed E-state index contributed by atoms with van der Waals surface area (Å²) in [7, 11) is 0. The molecule has 2 aromatic rings. The van der Waals surface area contributed by atoms with Gasteiger partial charge in [-0.05, 0) is 0 Å². The molecular weight excluding hydrogens is 275 g/mol. The molecule has 0 aromatic carbocycles. The van der Waals surface area contributed by atoms with Crippen LogP contribution in [0.2, 0.25) is 0 Å². The van der Waals surface area contributed by atoms with Crippen LogP contribution in [0.25, 0.3) is 11.2 Å². The number of hydrogen-bond donors (Lipinski definition) is 4. The number of halogens is 1. The predicted octanol–water partition coefficient (Wildman–Crippen LogP) is -1.97. The summed E-state index contributed by atoms with van der Waals surface area (Å²) in [4.78, 5) is 21.5. The lowest BCUT2D eigenvalue weighted by atomic mass is 10.1. The van der Waals surface area contributed by atoms with E-state index in [2.05, 4.69) is 15.0 Å². The molecule has 3 rings (SSSR count). The third kappa shape index (κ3) is 1.66. The first-order valence-electron chi connectivity index (χ1n) is 5.72. The second-order valence-electron chi connectivity index (χ2n) is 4.43. The molecule has 1 aliphatic rings. The van der Waals surface area contributed by atoms with Crippen molar-refractivity contribution in [1.29, 1.82) is 0 Å². The lowest BCUT2D eigenvalue weighted by Crippen LogP contribution is -2.44. The van der Waals surface area contributed by atoms with Gasteiger partial charge < -0.3 is 25.0 Å². The molecule has 3 heterocycles. The third-order valence-corrected chi connectivity index (χ3v) is 3.25. The Bertz CT molecular complexity index is 698. The molecule has 1 fully saturated rings. The molecule has 1 saturated heterocycles. The van der Waals surface area contributed by atoms with E-state index in [1.165, 1.54) is 0 Å². The van der Waals surface area contributed by atoms with Crippen LogP contribution in [0, 0.1) is 0 Å². The van der Waals surface area contributed by atoms with E-state index in [0.29, 0.717) is 0 Å². The van der Waals surface area contributed by atoms with Gasteiger partial charge in [0.25, 0.3) is 11.4 Å². The molecule has 0 radical (unpaired) electrons. The van der Waals surface area contributed by atoms with Gasteiger partial charge in [0.2, 0.25) is 0 Å². The molecule has 0 bridgehead atoms. The van der Waals surface area contributed by atoms with Crippen molar-refractivity contribution in [3.8, 4) is 0 Å². The summed E-state index contributed by atoms with van der Waals surface area (Å²) in [5, 5.41) is 28.3. The molecule has 2 aromatic heterocycles. The minimum absolute atomic E-state index is 0.0156. The van der Waals surface area contributed by atoms with E-state index in [1.807, 2.05) is 0 Å². The number of rotatable bonds is 2. The van der Waals surface area contributed by atoms with E-state index in [9.17, 15) is 19.4 Å². The van der Waals surface area contributed by atoms with Crippen molar-refractivity contribution in [2.45, 2.75) is 24.3 Å². The molecule has 1 aliphatic heterocycles. The molecule has 0 spiro atoms. The van der Waals surface area contributed by atoms with Crippen LogP contribution in [0.1, 0.15) is 6.23 Å². The average Bonchev–Trinajstić information content (AvgIpc) is 2.92. The van der Waals surface area contributed by atoms with Gasteiger partial charge in [0.1, 0.15) is 6.10 Å². The highest BCUT2D eigenvalue weighted by Crippen LogP contribution is 2.38. The monoisotopic (exact) mass is 286 g/mol. The molecule has 0 aliphatic carbocycles. The van der Waals surface area contributed by atoms with Crippen molar-refractivity contribution in [2.75, 3.05) is 6.61 Å². The predicted molar refractivity (Wildman–Crippen MR) is 61.2 cm³/mol. The summed E-state index contributed by atoms with van der Waals surface area (Å²) < 4.78 is 20.1. The lowest BCUT2D eigenvalue weighted by Gasteiger charge is -2.20. The fourth-order valence-corrected chi connectivity index (χ4v) is 2.17. The Morgan fingerprint density at radius 3 is 2.95 bits per heavy atom. The van der Waals surface area contributed by atoms with Crippen LogP contribution in [0.4, 0.5) is 4.39 Å². The van der Waals surface area contributed by atoms with E-state index in [0.717, 1.165) is 17.2 Å². The first-order valence-corrected chi connectivity index (χ1v) is 5.72. The number of H-pyrrole nitrogens is 1. The number of nitrogens with one attached hydrogen (secondary N) is 1. The average molecular weight is 286 g/mol. The molecule has 0 saturated carbocycles. The summed E-state index contributed by atoms with van der Waals surface area (Å²) in [6, 6.07) is 0. The fourth-order valence-electron chi connectivity index (χ4n) is 2.17. The zero-order chi connectivity index (χ0) is 14.5. The molecule has 4 atom stereocenters. The number of hydrogen-bond acceptors (Lipinski definition) is 7. The number of aliphatic hydroxyl groups excluding tert-OH is 2. The van der Waals surface area contributed by atoms with E-state index in [-0.39, 0.29) is 11.2 Å². The van der Waals surface area contributed by atoms with Crippen molar-refractivity contribution in [2.24, 2.45) is 0 Å². The lowest BCUT2D eigenvalue weighted by molar-refractivity contribution is -0.181. The van der Waals surface area contributed by atoms with E-state index < -0.39 is 36.5 Å². The molecule has 4 N–H and O–H groups in total. The SMILES string of the molecule is O=c1[nH]cnc2c1ncn2[C@@H]1O[C@H](CO)[C@](O)(F)[C@H]1O. The van der Waals surface area contributed by atoms with Crippen LogP contribution in [0.5, 0.6) is 0 Å². The Labute approximate surface area is 110 Å². The highest BCUT2D eigenvalue weighted by atomic mass is 19.2. The smallest absolute Gasteiger partial charge is 0.278 e. The summed E-state index contributed by atoms with van der Waals surface area (Å²) >= 11 is 0. The van der Waals surface area contributed by atoms with Crippen molar-refractivity contribution in [1.82, 2.24) is 19.5 Å². The van der Waals surface area contributed by atoms with Gasteiger partial charge >= 0.3 is 0 Å². The highest BCUT2D eigenvalue weighted by Gasteiger charge is 2.57. The Balaban J connectivity index is 2.09. The maximum absolute atomic E-state index is 13.9. The molecule has 9 nitrogen and oxygen atoms in total. The normalized spacial score (nSPS) is 33.9. The summed E-state index contributed by atoms with van der Waals surface area (Å²) in [6.07, 6.45) is -2.67. The van der Waals surface area contributed by atoms with E-state index in [4.69, 9.17) is 9.84 Å². The zero-order valence-electron chi connectivity index (χ0n) is 9.97. The number of fused-ring (bicyclic) bond motifs is 1. The van der Waals surface area contributed by atoms with Crippen molar-refractivity contribution >= 4 is 11.2 Å². The fraction of sp³-hybridized carbons (Fsp3) is 0.500. The van der Waals surface area contributed by atoms with E-state index in [1.54, 1.807) is 0 Å². The van der Waals surface area contributed by atoms with Gasteiger partial charge in [0.05, 0.1) is 19.3 Å². The maximum atomic E-state index is 13.9. The van der Waals surface area contributed by atoms with Crippen LogP contribution >= 0.6 is 0 Å². The number of aliphatic hydroxyl groups is 3. The molecular formula is C10H11FN4O5. The van der Waals surface area contributed by atoms with Crippen molar-refractivity contribution in [3.05, 3.63) is 23.0 Å². The third-order valence-electron chi connectivity index (χ3n) is 3.25. The van der Waals surface area contributed by atoms with Crippen LogP contribution < -0.4 is 5.56 Å². The van der Waals surface area contributed by atoms with Gasteiger partial charge in [-0.1, -0.05) is 0 Å². The van der Waals surface area contributed by atoms with Crippen LogP contribution in [-0.4, -0.2) is 59.5 Å². The topological polar surface area (TPSA) is 133 Å². The Morgan fingerprint density at radius 1 is 1.55 bits per heavy atom. The van der Waals surface area contributed by atoms with Crippen molar-refractivity contribution in [3.63, 3.8) is 0 Å². The molecule has 108 valence electrons. The number of aromatic nitrogens is 4. The number of alkyl halides is 1. The number of ether oxygens (including phenoxy) is 1. The highest BCUT2D eigenvalue weighted by molar-refractivity contribution is 5.68. The zero-order valence-corrected chi connectivity index (χ0v) is 9.97. The second kappa shape index (κ2) is 4.31. The van der Waals surface area contributed by atoms with Gasteiger partial charge in [-0.3, -0.25) is 9.36 Å². The minimum Gasteiger partial charge on any atom is -0.393 e. The standard InChI is InChI=1S/C10H11FN4O5/c11-10(19)4(1-16)20-9(6(10)17)15-3-14-5-7(15)12-2-13-8(5)18/h2-4,6,9,16-17,19H,1H2,(H,12,13,18)/t4-,6+,9-,10-/m1/s1. The van der Waals surface area contributed by atoms with Crippen LogP contribution in [0.15, 0.2) is 17.4 Å². The number of imidazole rings is 1. The first kappa shape index (κ1) is 13.1. The van der Waals surface area contributed by atoms with Gasteiger partial charge in [0, 0.05) is 0 Å². The second-order valence-corrected chi connectivity index (χ2v) is 4.43. The summed E-state index contributed by atoms with van der Waals surface area (Å²) in [5.74, 6) is -3.11. The first-order chi connectivity index (χ1) is 9.46. The minimum atomic E-state index is -3.11. The Kier molecular flexibility index (Phi) is 2.83. The molecule has 20 heavy (non-hydrogen) atoms. The van der Waals surface area contributed by atoms with Gasteiger partial charge in [0.15, 0.2) is 23.5 Å². The number of nitrogens with zero attached hydrogens (tertiary/aromatic N) is 3. The van der Waals surface area contributed by atoms with Gasteiger partial charge in [-0.25, -0.2) is 14.4 Å². The molecule has 10 heteroatoms. The largest absolute Gasteiger partial charge is 0.393 e. The van der Waals surface area contributed by atoms with Crippen LogP contribution in [0.3, 0.4) is 0 Å². The molecule has 0 unspecified atom stereocenters. The maximum Gasteiger partial charge on any atom is 0.278 e. The Morgan fingerprint density at radius 2 is 2.30 bits per heavy atom. The summed E-state index contributed by atoms with van der Waals surface area (Å²) in [6.45, 7) is -0.818. The number of aromatic amines is 1. The molecule has 0 amide bonds. The van der Waals surface area contributed by atoms with Crippen molar-refractivity contribution < 1.29 is 24.4 Å². The van der Waals surface area contributed by atoms with Crippen LogP contribution in [-0.2, 0) is 4.74 Å². The summed E-state index contributed by atoms with van der Waals surface area (Å²) in [5.41, 5.74) is -0.458. The van der Waals surface area contributed by atoms with Gasteiger partial charge in [-0.2, -0.15) is 0 Å². The van der Waals surface area contributed by atoms with E-state index >= 15 is 0 Å².